The zero-order valence-corrected chi connectivity index (χ0v) is 21.5. The van der Waals surface area contributed by atoms with Crippen LogP contribution in [0, 0.1) is 6.92 Å². The molecule has 0 bridgehead atoms. The summed E-state index contributed by atoms with van der Waals surface area (Å²) in [4.78, 5) is 38.5. The lowest BCUT2D eigenvalue weighted by atomic mass is 10.1. The lowest BCUT2D eigenvalue weighted by Gasteiger charge is -2.26. The van der Waals surface area contributed by atoms with Gasteiger partial charge in [0.25, 0.3) is 5.91 Å². The van der Waals surface area contributed by atoms with Gasteiger partial charge in [-0.2, -0.15) is 0 Å². The lowest BCUT2D eigenvalue weighted by molar-refractivity contribution is -0.125. The predicted octanol–water partition coefficient (Wildman–Crippen LogP) is 4.61. The Morgan fingerprint density at radius 1 is 1.34 bits per heavy atom. The summed E-state index contributed by atoms with van der Waals surface area (Å²) in [6.07, 6.45) is 5.57. The number of aromatic nitrogens is 2. The van der Waals surface area contributed by atoms with Crippen LogP contribution in [0.15, 0.2) is 64.5 Å². The number of thiazole rings is 1. The monoisotopic (exact) mass is 509 g/mol. The minimum Gasteiger partial charge on any atom is -0.496 e. The van der Waals surface area contributed by atoms with E-state index < -0.39 is 0 Å². The molecule has 1 N–H and O–H groups in total. The van der Waals surface area contributed by atoms with Crippen molar-refractivity contribution in [3.05, 3.63) is 66.5 Å². The van der Waals surface area contributed by atoms with Crippen LogP contribution in [0.1, 0.15) is 22.3 Å². The van der Waals surface area contributed by atoms with Gasteiger partial charge in [-0.1, -0.05) is 35.7 Å². The topological polar surface area (TPSA) is 87.7 Å². The van der Waals surface area contributed by atoms with Crippen LogP contribution in [0.4, 0.5) is 10.9 Å². The van der Waals surface area contributed by atoms with Crippen LogP contribution in [-0.2, 0) is 4.79 Å². The third-order valence-corrected chi connectivity index (χ3v) is 8.01. The van der Waals surface area contributed by atoms with Crippen LogP contribution < -0.4 is 10.1 Å². The number of carbonyl (C=O) groups is 2. The number of pyridine rings is 1. The standard InChI is InChI=1S/C25H27N5O3S2/c1-5-22(31)30-11-9-17(15-30)29(3)24(32)18-13-20(16(2)12-19(18)33-4)34-23-14-27-25(35-23)28-21-8-6-7-10-26-21/h5-8,10,12-14,17H,1,9,11,15H2,2-4H3,(H,26,27,28)/t17-/m1/s1. The van der Waals surface area contributed by atoms with E-state index in [9.17, 15) is 9.59 Å². The first-order chi connectivity index (χ1) is 16.9. The third kappa shape index (κ3) is 5.66. The fraction of sp³-hybridized carbons (Fsp3) is 0.280. The highest BCUT2D eigenvalue weighted by Gasteiger charge is 2.31. The number of likely N-dealkylation sites (N-methyl/N-ethyl adjacent to an activating group) is 1. The molecule has 1 fully saturated rings. The van der Waals surface area contributed by atoms with E-state index in [0.29, 0.717) is 24.4 Å². The zero-order valence-electron chi connectivity index (χ0n) is 19.9. The summed E-state index contributed by atoms with van der Waals surface area (Å²) in [6.45, 7) is 6.65. The van der Waals surface area contributed by atoms with Gasteiger partial charge in [0, 0.05) is 31.2 Å². The normalized spacial score (nSPS) is 15.1. The number of anilines is 2. The average Bonchev–Trinajstić information content (AvgIpc) is 3.54. The van der Waals surface area contributed by atoms with E-state index in [4.69, 9.17) is 4.74 Å². The van der Waals surface area contributed by atoms with Crippen LogP contribution in [0.3, 0.4) is 0 Å². The number of rotatable bonds is 8. The van der Waals surface area contributed by atoms with Crippen LogP contribution in [-0.4, -0.2) is 64.9 Å². The Morgan fingerprint density at radius 3 is 2.89 bits per heavy atom. The molecule has 3 heterocycles. The maximum atomic E-state index is 13.5. The number of ether oxygens (including phenoxy) is 1. The van der Waals surface area contributed by atoms with E-state index >= 15 is 0 Å². The molecular formula is C25H27N5O3S2. The summed E-state index contributed by atoms with van der Waals surface area (Å²) < 4.78 is 6.54. The van der Waals surface area contributed by atoms with E-state index in [1.807, 2.05) is 43.5 Å². The Balaban J connectivity index is 1.51. The lowest BCUT2D eigenvalue weighted by Crippen LogP contribution is -2.40. The van der Waals surface area contributed by atoms with Crippen LogP contribution in [0.25, 0.3) is 0 Å². The molecule has 3 aromatic rings. The smallest absolute Gasteiger partial charge is 0.257 e. The third-order valence-electron chi connectivity index (χ3n) is 5.84. The summed E-state index contributed by atoms with van der Waals surface area (Å²) in [7, 11) is 3.34. The van der Waals surface area contributed by atoms with Crippen molar-refractivity contribution in [1.82, 2.24) is 19.8 Å². The molecule has 4 rings (SSSR count). The summed E-state index contributed by atoms with van der Waals surface area (Å²) in [5.41, 5.74) is 1.50. The van der Waals surface area contributed by atoms with Gasteiger partial charge in [-0.15, -0.1) is 0 Å². The first kappa shape index (κ1) is 24.7. The Hall–Kier alpha value is -3.37. The van der Waals surface area contributed by atoms with E-state index in [0.717, 1.165) is 32.0 Å². The van der Waals surface area contributed by atoms with Crippen molar-refractivity contribution in [3.63, 3.8) is 0 Å². The number of nitrogens with one attached hydrogen (secondary N) is 1. The second-order valence-corrected chi connectivity index (χ2v) is 10.5. The molecule has 35 heavy (non-hydrogen) atoms. The van der Waals surface area contributed by atoms with Gasteiger partial charge in [0.15, 0.2) is 5.13 Å². The molecule has 2 amide bonds. The van der Waals surface area contributed by atoms with Crippen molar-refractivity contribution in [1.29, 1.82) is 0 Å². The summed E-state index contributed by atoms with van der Waals surface area (Å²) in [6, 6.07) is 9.36. The van der Waals surface area contributed by atoms with E-state index in [-0.39, 0.29) is 17.9 Å². The highest BCUT2D eigenvalue weighted by atomic mass is 32.2. The first-order valence-corrected chi connectivity index (χ1v) is 12.7. The Morgan fingerprint density at radius 2 is 2.17 bits per heavy atom. The number of hydrogen-bond donors (Lipinski definition) is 1. The number of aryl methyl sites for hydroxylation is 1. The quantitative estimate of drug-likeness (QED) is 0.444. The average molecular weight is 510 g/mol. The minimum atomic E-state index is -0.136. The molecule has 0 aliphatic carbocycles. The largest absolute Gasteiger partial charge is 0.496 e. The zero-order chi connectivity index (χ0) is 24.9. The van der Waals surface area contributed by atoms with Gasteiger partial charge in [-0.3, -0.25) is 9.59 Å². The van der Waals surface area contributed by atoms with Crippen molar-refractivity contribution in [3.8, 4) is 5.75 Å². The highest BCUT2D eigenvalue weighted by molar-refractivity contribution is 8.01. The number of nitrogens with zero attached hydrogens (tertiary/aromatic N) is 4. The van der Waals surface area contributed by atoms with Crippen molar-refractivity contribution >= 4 is 45.9 Å². The molecule has 0 unspecified atom stereocenters. The maximum Gasteiger partial charge on any atom is 0.257 e. The second kappa shape index (κ2) is 10.9. The Kier molecular flexibility index (Phi) is 7.72. The Labute approximate surface area is 213 Å². The molecule has 1 aliphatic heterocycles. The summed E-state index contributed by atoms with van der Waals surface area (Å²) >= 11 is 3.07. The molecule has 8 nitrogen and oxygen atoms in total. The number of hydrogen-bond acceptors (Lipinski definition) is 8. The van der Waals surface area contributed by atoms with Crippen molar-refractivity contribution in [2.75, 3.05) is 32.6 Å². The van der Waals surface area contributed by atoms with E-state index in [2.05, 4.69) is 21.9 Å². The molecule has 2 aromatic heterocycles. The number of amides is 2. The van der Waals surface area contributed by atoms with Crippen LogP contribution in [0.5, 0.6) is 5.75 Å². The molecule has 1 aliphatic rings. The van der Waals surface area contributed by atoms with Crippen molar-refractivity contribution < 1.29 is 14.3 Å². The molecule has 1 atom stereocenters. The Bertz CT molecular complexity index is 1230. The minimum absolute atomic E-state index is 0.0600. The van der Waals surface area contributed by atoms with Gasteiger partial charge in [-0.25, -0.2) is 9.97 Å². The molecular weight excluding hydrogens is 482 g/mol. The fourth-order valence-corrected chi connectivity index (χ4v) is 5.82. The van der Waals surface area contributed by atoms with Crippen molar-refractivity contribution in [2.24, 2.45) is 0 Å². The molecule has 0 radical (unpaired) electrons. The highest BCUT2D eigenvalue weighted by Crippen LogP contribution is 2.39. The number of carbonyl (C=O) groups excluding carboxylic acids is 2. The predicted molar refractivity (Wildman–Crippen MR) is 139 cm³/mol. The van der Waals surface area contributed by atoms with Gasteiger partial charge >= 0.3 is 0 Å². The van der Waals surface area contributed by atoms with Gasteiger partial charge in [-0.05, 0) is 49.2 Å². The van der Waals surface area contributed by atoms with Crippen molar-refractivity contribution in [2.45, 2.75) is 28.5 Å². The number of likely N-dealkylation sites (tertiary alicyclic amines) is 1. The van der Waals surface area contributed by atoms with Gasteiger partial charge in [0.1, 0.15) is 11.6 Å². The molecule has 1 saturated heterocycles. The second-order valence-electron chi connectivity index (χ2n) is 8.09. The van der Waals surface area contributed by atoms with Crippen LogP contribution >= 0.6 is 23.1 Å². The fourth-order valence-electron chi connectivity index (χ4n) is 3.87. The van der Waals surface area contributed by atoms with Gasteiger partial charge in [0.2, 0.25) is 5.91 Å². The molecule has 10 heteroatoms. The number of benzene rings is 1. The van der Waals surface area contributed by atoms with Gasteiger partial charge < -0.3 is 19.9 Å². The molecule has 1 aromatic carbocycles. The van der Waals surface area contributed by atoms with E-state index in [1.165, 1.54) is 17.4 Å². The molecule has 182 valence electrons. The summed E-state index contributed by atoms with van der Waals surface area (Å²) in [5.74, 6) is 1.02. The van der Waals surface area contributed by atoms with Crippen LogP contribution in [0.2, 0.25) is 0 Å². The number of methoxy groups -OCH3 is 1. The maximum absolute atomic E-state index is 13.5. The summed E-state index contributed by atoms with van der Waals surface area (Å²) in [5, 5.41) is 3.95. The first-order valence-electron chi connectivity index (χ1n) is 11.1. The SMILES string of the molecule is C=CC(=O)N1CC[C@@H](N(C)C(=O)c2cc(Sc3cnc(Nc4ccccn4)s3)c(C)cc2OC)C1. The van der Waals surface area contributed by atoms with Gasteiger partial charge in [0.05, 0.1) is 29.1 Å². The van der Waals surface area contributed by atoms with E-state index in [1.54, 1.807) is 41.9 Å². The molecule has 0 saturated carbocycles. The molecule has 0 spiro atoms.